The van der Waals surface area contributed by atoms with E-state index in [-0.39, 0.29) is 18.4 Å². The second-order valence-corrected chi connectivity index (χ2v) is 7.49. The molecule has 0 saturated heterocycles. The van der Waals surface area contributed by atoms with Gasteiger partial charge in [0.05, 0.1) is 18.1 Å². The lowest BCUT2D eigenvalue weighted by Gasteiger charge is -2.11. The smallest absolute Gasteiger partial charge is 0.303 e. The Hall–Kier alpha value is -3.66. The molecular formula is C23H23N3O4. The van der Waals surface area contributed by atoms with Crippen LogP contribution in [0, 0.1) is 18.3 Å². The van der Waals surface area contributed by atoms with Crippen molar-refractivity contribution in [2.75, 3.05) is 0 Å². The molecule has 3 aromatic rings. The zero-order chi connectivity index (χ0) is 21.8. The lowest BCUT2D eigenvalue weighted by Crippen LogP contribution is -2.06. The summed E-state index contributed by atoms with van der Waals surface area (Å²) in [7, 11) is 0. The summed E-state index contributed by atoms with van der Waals surface area (Å²) >= 11 is 0. The number of nitriles is 1. The molecule has 7 nitrogen and oxygen atoms in total. The van der Waals surface area contributed by atoms with Crippen LogP contribution in [0.3, 0.4) is 0 Å². The molecule has 3 rings (SSSR count). The quantitative estimate of drug-likeness (QED) is 0.592. The minimum absolute atomic E-state index is 0.0397. The highest BCUT2D eigenvalue weighted by atomic mass is 16.5. The Morgan fingerprint density at radius 3 is 2.63 bits per heavy atom. The fourth-order valence-electron chi connectivity index (χ4n) is 3.18. The molecule has 1 aromatic heterocycles. The van der Waals surface area contributed by atoms with Crippen molar-refractivity contribution in [1.29, 1.82) is 5.26 Å². The van der Waals surface area contributed by atoms with Crippen LogP contribution < -0.4 is 4.74 Å². The molecule has 2 aromatic carbocycles. The highest BCUT2D eigenvalue weighted by Gasteiger charge is 2.17. The summed E-state index contributed by atoms with van der Waals surface area (Å²) in [6, 6.07) is 13.0. The van der Waals surface area contributed by atoms with Gasteiger partial charge < -0.3 is 14.4 Å². The molecule has 7 heteroatoms. The first-order valence-electron chi connectivity index (χ1n) is 9.66. The van der Waals surface area contributed by atoms with Crippen LogP contribution in [0.2, 0.25) is 0 Å². The predicted octanol–water partition coefficient (Wildman–Crippen LogP) is 4.95. The summed E-state index contributed by atoms with van der Waals surface area (Å²) in [5.41, 5.74) is 3.70. The van der Waals surface area contributed by atoms with Crippen LogP contribution in [0.15, 0.2) is 40.9 Å². The number of carboxylic acids is 1. The van der Waals surface area contributed by atoms with Gasteiger partial charge in [-0.3, -0.25) is 4.79 Å². The van der Waals surface area contributed by atoms with Crippen LogP contribution in [0.25, 0.3) is 22.8 Å². The van der Waals surface area contributed by atoms with Gasteiger partial charge in [-0.05, 0) is 56.0 Å². The molecule has 0 aliphatic rings. The molecule has 0 bridgehead atoms. The fraction of sp³-hybridized carbons (Fsp3) is 0.304. The average Bonchev–Trinajstić information content (AvgIpc) is 3.17. The zero-order valence-electron chi connectivity index (χ0n) is 17.3. The lowest BCUT2D eigenvalue weighted by atomic mass is 9.94. The molecule has 0 aliphatic carbocycles. The number of ether oxygens (including phenoxy) is 1. The molecule has 154 valence electrons. The van der Waals surface area contributed by atoms with Crippen LogP contribution in [0.5, 0.6) is 5.75 Å². The van der Waals surface area contributed by atoms with Gasteiger partial charge in [-0.15, -0.1) is 0 Å². The Morgan fingerprint density at radius 1 is 1.23 bits per heavy atom. The van der Waals surface area contributed by atoms with E-state index in [0.29, 0.717) is 28.6 Å². The van der Waals surface area contributed by atoms with Gasteiger partial charge in [0, 0.05) is 11.1 Å². The van der Waals surface area contributed by atoms with Gasteiger partial charge in [-0.1, -0.05) is 30.3 Å². The van der Waals surface area contributed by atoms with Crippen molar-refractivity contribution in [2.45, 2.75) is 46.1 Å². The highest BCUT2D eigenvalue weighted by Crippen LogP contribution is 2.30. The summed E-state index contributed by atoms with van der Waals surface area (Å²) in [6.07, 6.45) is 0.0326. The first-order chi connectivity index (χ1) is 14.3. The van der Waals surface area contributed by atoms with Crippen LogP contribution in [0.4, 0.5) is 0 Å². The predicted molar refractivity (Wildman–Crippen MR) is 111 cm³/mol. The van der Waals surface area contributed by atoms with E-state index in [1.807, 2.05) is 45.9 Å². The molecule has 0 saturated carbocycles. The summed E-state index contributed by atoms with van der Waals surface area (Å²) in [5, 5.41) is 22.5. The second kappa shape index (κ2) is 8.78. The molecule has 0 radical (unpaired) electrons. The normalized spacial score (nSPS) is 11.9. The second-order valence-electron chi connectivity index (χ2n) is 7.49. The maximum atomic E-state index is 11.0. The molecular weight excluding hydrogens is 382 g/mol. The Balaban J connectivity index is 1.88. The van der Waals surface area contributed by atoms with Gasteiger partial charge in [0.15, 0.2) is 0 Å². The molecule has 1 N–H and O–H groups in total. The third kappa shape index (κ3) is 4.66. The number of hydrogen-bond acceptors (Lipinski definition) is 6. The number of carbonyl (C=O) groups is 1. The number of aliphatic carboxylic acids is 1. The standard InChI is InChI=1S/C23H23N3O4/c1-13(2)29-20-8-6-17(11-18(20)12-24)23-25-22(26-30-23)19-7-5-16(9-15(19)4)14(3)10-21(27)28/h5-9,11,13-14H,10H2,1-4H3,(H,27,28). The number of hydrogen-bond donors (Lipinski definition) is 1. The van der Waals surface area contributed by atoms with Crippen molar-refractivity contribution in [3.8, 4) is 34.7 Å². The highest BCUT2D eigenvalue weighted by molar-refractivity contribution is 5.69. The molecule has 1 heterocycles. The molecule has 30 heavy (non-hydrogen) atoms. The Kier molecular flexibility index (Phi) is 6.17. The third-order valence-electron chi connectivity index (χ3n) is 4.68. The molecule has 1 unspecified atom stereocenters. The Morgan fingerprint density at radius 2 is 2.00 bits per heavy atom. The maximum Gasteiger partial charge on any atom is 0.303 e. The van der Waals surface area contributed by atoms with Crippen LogP contribution in [0.1, 0.15) is 49.8 Å². The first kappa shape index (κ1) is 21.1. The van der Waals surface area contributed by atoms with E-state index in [1.165, 1.54) is 0 Å². The number of benzene rings is 2. The van der Waals surface area contributed by atoms with E-state index in [2.05, 4.69) is 16.2 Å². The van der Waals surface area contributed by atoms with Crippen molar-refractivity contribution >= 4 is 5.97 Å². The molecule has 0 aliphatic heterocycles. The Labute approximate surface area is 174 Å². The minimum Gasteiger partial charge on any atom is -0.490 e. The molecule has 1 atom stereocenters. The van der Waals surface area contributed by atoms with E-state index in [4.69, 9.17) is 14.4 Å². The van der Waals surface area contributed by atoms with Gasteiger partial charge in [0.25, 0.3) is 5.89 Å². The van der Waals surface area contributed by atoms with Crippen molar-refractivity contribution < 1.29 is 19.2 Å². The average molecular weight is 405 g/mol. The van der Waals surface area contributed by atoms with Gasteiger partial charge in [-0.2, -0.15) is 10.2 Å². The van der Waals surface area contributed by atoms with E-state index in [9.17, 15) is 10.1 Å². The minimum atomic E-state index is -0.825. The number of aryl methyl sites for hydroxylation is 1. The summed E-state index contributed by atoms with van der Waals surface area (Å²) < 4.78 is 11.1. The lowest BCUT2D eigenvalue weighted by molar-refractivity contribution is -0.137. The third-order valence-corrected chi connectivity index (χ3v) is 4.68. The summed E-state index contributed by atoms with van der Waals surface area (Å²) in [6.45, 7) is 7.60. The summed E-state index contributed by atoms with van der Waals surface area (Å²) in [5.74, 6) is 0.333. The Bertz CT molecular complexity index is 1110. The van der Waals surface area contributed by atoms with Crippen molar-refractivity contribution in [3.05, 3.63) is 53.1 Å². The molecule has 0 spiro atoms. The van der Waals surface area contributed by atoms with Crippen LogP contribution >= 0.6 is 0 Å². The van der Waals surface area contributed by atoms with Gasteiger partial charge in [0.1, 0.15) is 11.8 Å². The monoisotopic (exact) mass is 405 g/mol. The number of aromatic nitrogens is 2. The number of rotatable bonds is 7. The van der Waals surface area contributed by atoms with E-state index < -0.39 is 5.97 Å². The van der Waals surface area contributed by atoms with Gasteiger partial charge in [-0.25, -0.2) is 0 Å². The topological polar surface area (TPSA) is 109 Å². The van der Waals surface area contributed by atoms with E-state index in [0.717, 1.165) is 16.7 Å². The van der Waals surface area contributed by atoms with Crippen molar-refractivity contribution in [1.82, 2.24) is 10.1 Å². The number of nitrogens with zero attached hydrogens (tertiary/aromatic N) is 3. The van der Waals surface area contributed by atoms with Crippen LogP contribution in [-0.2, 0) is 4.79 Å². The van der Waals surface area contributed by atoms with Crippen LogP contribution in [-0.4, -0.2) is 27.3 Å². The first-order valence-corrected chi connectivity index (χ1v) is 9.66. The van der Waals surface area contributed by atoms with E-state index in [1.54, 1.807) is 18.2 Å². The van der Waals surface area contributed by atoms with Gasteiger partial charge in [0.2, 0.25) is 5.82 Å². The fourth-order valence-corrected chi connectivity index (χ4v) is 3.18. The maximum absolute atomic E-state index is 11.0. The molecule has 0 fully saturated rings. The molecule has 0 amide bonds. The van der Waals surface area contributed by atoms with Crippen molar-refractivity contribution in [3.63, 3.8) is 0 Å². The largest absolute Gasteiger partial charge is 0.490 e. The van der Waals surface area contributed by atoms with Crippen molar-refractivity contribution in [2.24, 2.45) is 0 Å². The zero-order valence-corrected chi connectivity index (χ0v) is 17.3. The SMILES string of the molecule is Cc1cc(C(C)CC(=O)O)ccc1-c1noc(-c2ccc(OC(C)C)c(C#N)c2)n1. The van der Waals surface area contributed by atoms with E-state index >= 15 is 0 Å². The van der Waals surface area contributed by atoms with Gasteiger partial charge >= 0.3 is 5.97 Å². The number of carboxylic acid groups (broad SMARTS) is 1. The summed E-state index contributed by atoms with van der Waals surface area (Å²) in [4.78, 5) is 15.4.